The van der Waals surface area contributed by atoms with Crippen LogP contribution in [0.4, 0.5) is 0 Å². The van der Waals surface area contributed by atoms with Crippen molar-refractivity contribution >= 4 is 0 Å². The minimum absolute atomic E-state index is 0.0164. The number of nitrogens with zero attached hydrogens (tertiary/aromatic N) is 2. The van der Waals surface area contributed by atoms with Gasteiger partial charge in [-0.3, -0.25) is 5.43 Å². The van der Waals surface area contributed by atoms with Crippen LogP contribution in [0.3, 0.4) is 0 Å². The Hall–Kier alpha value is -0.200. The quantitative estimate of drug-likeness (QED) is 0.756. The van der Waals surface area contributed by atoms with Crippen molar-refractivity contribution < 1.29 is 9.47 Å². The van der Waals surface area contributed by atoms with Gasteiger partial charge in [-0.25, -0.2) is 5.01 Å². The number of hydrazine groups is 1. The molecule has 104 valence electrons. The molecule has 0 aromatic carbocycles. The fourth-order valence-electron chi connectivity index (χ4n) is 3.20. The van der Waals surface area contributed by atoms with Crippen LogP contribution in [0.1, 0.15) is 19.3 Å². The molecule has 0 amide bonds. The summed E-state index contributed by atoms with van der Waals surface area (Å²) in [4.78, 5) is 2.38. The van der Waals surface area contributed by atoms with Gasteiger partial charge in [0.05, 0.1) is 12.2 Å². The lowest BCUT2D eigenvalue weighted by molar-refractivity contribution is -0.0987. The Kier molecular flexibility index (Phi) is 3.86. The summed E-state index contributed by atoms with van der Waals surface area (Å²) in [7, 11) is 2.19. The molecule has 1 N–H and O–H groups in total. The van der Waals surface area contributed by atoms with Gasteiger partial charge in [0.25, 0.3) is 0 Å². The van der Waals surface area contributed by atoms with E-state index in [1.54, 1.807) is 0 Å². The number of hydrogen-bond acceptors (Lipinski definition) is 5. The first-order valence-corrected chi connectivity index (χ1v) is 7.17. The van der Waals surface area contributed by atoms with Crippen molar-refractivity contribution in [2.45, 2.75) is 30.9 Å². The first-order chi connectivity index (χ1) is 8.76. The number of hydrogen-bond donors (Lipinski definition) is 1. The molecule has 2 atom stereocenters. The van der Waals surface area contributed by atoms with Crippen LogP contribution in [0.5, 0.6) is 0 Å². The summed E-state index contributed by atoms with van der Waals surface area (Å²) in [6.07, 6.45) is 3.28. The van der Waals surface area contributed by atoms with E-state index in [0.29, 0.717) is 6.04 Å². The third-order valence-corrected chi connectivity index (χ3v) is 4.43. The highest BCUT2D eigenvalue weighted by atomic mass is 16.6. The number of nitrogens with one attached hydrogen (secondary N) is 1. The third kappa shape index (κ3) is 2.86. The summed E-state index contributed by atoms with van der Waals surface area (Å²) in [5.74, 6) is 0. The summed E-state index contributed by atoms with van der Waals surface area (Å²) in [5.41, 5.74) is 3.72. The average Bonchev–Trinajstić information content (AvgIpc) is 2.80. The molecule has 3 saturated heterocycles. The van der Waals surface area contributed by atoms with Gasteiger partial charge in [-0.2, -0.15) is 0 Å². The van der Waals surface area contributed by atoms with Crippen LogP contribution in [-0.2, 0) is 9.47 Å². The van der Waals surface area contributed by atoms with Gasteiger partial charge in [-0.1, -0.05) is 0 Å². The topological polar surface area (TPSA) is 37.0 Å². The molecule has 5 nitrogen and oxygen atoms in total. The summed E-state index contributed by atoms with van der Waals surface area (Å²) in [6.45, 7) is 7.08. The lowest BCUT2D eigenvalue weighted by Crippen LogP contribution is -2.57. The zero-order chi connectivity index (χ0) is 12.4. The molecule has 5 heteroatoms. The van der Waals surface area contributed by atoms with Gasteiger partial charge in [0.2, 0.25) is 0 Å². The summed E-state index contributed by atoms with van der Waals surface area (Å²) >= 11 is 0. The molecular formula is C13H25N3O2. The Morgan fingerprint density at radius 2 is 2.00 bits per heavy atom. The molecule has 3 heterocycles. The van der Waals surface area contributed by atoms with Crippen molar-refractivity contribution in [3.8, 4) is 0 Å². The van der Waals surface area contributed by atoms with E-state index >= 15 is 0 Å². The summed E-state index contributed by atoms with van der Waals surface area (Å²) in [5, 5.41) is 2.39. The van der Waals surface area contributed by atoms with Gasteiger partial charge in [-0.05, 0) is 19.9 Å². The molecule has 3 aliphatic heterocycles. The van der Waals surface area contributed by atoms with Gasteiger partial charge in [0.1, 0.15) is 0 Å². The molecule has 0 radical (unpaired) electrons. The monoisotopic (exact) mass is 255 g/mol. The summed E-state index contributed by atoms with van der Waals surface area (Å²) in [6, 6.07) is 0.559. The van der Waals surface area contributed by atoms with E-state index in [1.807, 2.05) is 0 Å². The van der Waals surface area contributed by atoms with Crippen LogP contribution in [0.2, 0.25) is 0 Å². The summed E-state index contributed by atoms with van der Waals surface area (Å²) < 4.78 is 11.5. The highest BCUT2D eigenvalue weighted by molar-refractivity contribution is 4.92. The van der Waals surface area contributed by atoms with E-state index in [2.05, 4.69) is 22.4 Å². The Labute approximate surface area is 109 Å². The number of likely N-dealkylation sites (N-methyl/N-ethyl adjacent to an activating group) is 1. The first kappa shape index (κ1) is 12.8. The van der Waals surface area contributed by atoms with Crippen molar-refractivity contribution in [1.29, 1.82) is 0 Å². The van der Waals surface area contributed by atoms with E-state index in [4.69, 9.17) is 9.47 Å². The molecule has 3 fully saturated rings. The van der Waals surface area contributed by atoms with E-state index < -0.39 is 0 Å². The Balaban J connectivity index is 1.50. The van der Waals surface area contributed by atoms with Gasteiger partial charge in [-0.15, -0.1) is 0 Å². The fraction of sp³-hybridized carbons (Fsp3) is 1.00. The zero-order valence-corrected chi connectivity index (χ0v) is 11.4. The molecule has 0 saturated carbocycles. The molecule has 1 spiro atoms. The highest BCUT2D eigenvalue weighted by Gasteiger charge is 2.41. The maximum Gasteiger partial charge on any atom is 0.0952 e. The lowest BCUT2D eigenvalue weighted by Gasteiger charge is -2.41. The first-order valence-electron chi connectivity index (χ1n) is 7.17. The second-order valence-corrected chi connectivity index (χ2v) is 5.94. The number of rotatable bonds is 2. The lowest BCUT2D eigenvalue weighted by atomic mass is 9.90. The van der Waals surface area contributed by atoms with Crippen molar-refractivity contribution in [3.05, 3.63) is 0 Å². The number of piperazine rings is 1. The molecule has 3 rings (SSSR count). The van der Waals surface area contributed by atoms with E-state index in [1.165, 1.54) is 0 Å². The smallest absolute Gasteiger partial charge is 0.0952 e. The van der Waals surface area contributed by atoms with Gasteiger partial charge in [0, 0.05) is 51.9 Å². The minimum atomic E-state index is 0.0164. The van der Waals surface area contributed by atoms with Gasteiger partial charge < -0.3 is 14.4 Å². The Bertz CT molecular complexity index is 273. The van der Waals surface area contributed by atoms with E-state index in [-0.39, 0.29) is 5.60 Å². The van der Waals surface area contributed by atoms with Crippen LogP contribution >= 0.6 is 0 Å². The van der Waals surface area contributed by atoms with Crippen molar-refractivity contribution in [2.24, 2.45) is 0 Å². The molecule has 2 unspecified atom stereocenters. The SMILES string of the molecule is CN1CCN(NC2CCOC3(CCOC3)C2)CC1. The second-order valence-electron chi connectivity index (χ2n) is 5.94. The maximum atomic E-state index is 5.97. The largest absolute Gasteiger partial charge is 0.378 e. The zero-order valence-electron chi connectivity index (χ0n) is 11.4. The van der Waals surface area contributed by atoms with E-state index in [0.717, 1.165) is 65.3 Å². The Morgan fingerprint density at radius 1 is 1.17 bits per heavy atom. The second kappa shape index (κ2) is 5.43. The van der Waals surface area contributed by atoms with Crippen LogP contribution in [0, 0.1) is 0 Å². The minimum Gasteiger partial charge on any atom is -0.378 e. The van der Waals surface area contributed by atoms with Gasteiger partial charge in [0.15, 0.2) is 0 Å². The predicted molar refractivity (Wildman–Crippen MR) is 69.3 cm³/mol. The molecule has 0 aromatic heterocycles. The van der Waals surface area contributed by atoms with Crippen LogP contribution in [0.15, 0.2) is 0 Å². The molecule has 3 aliphatic rings. The van der Waals surface area contributed by atoms with Crippen LogP contribution in [-0.4, -0.2) is 74.6 Å². The molecule has 18 heavy (non-hydrogen) atoms. The molecule has 0 aliphatic carbocycles. The molecule has 0 bridgehead atoms. The normalized spacial score (nSPS) is 39.5. The highest BCUT2D eigenvalue weighted by Crippen LogP contribution is 2.32. The van der Waals surface area contributed by atoms with E-state index in [9.17, 15) is 0 Å². The van der Waals surface area contributed by atoms with Crippen molar-refractivity contribution in [1.82, 2.24) is 15.3 Å². The molecule has 0 aromatic rings. The maximum absolute atomic E-state index is 5.97. The third-order valence-electron chi connectivity index (χ3n) is 4.43. The van der Waals surface area contributed by atoms with Crippen LogP contribution in [0.25, 0.3) is 0 Å². The predicted octanol–water partition coefficient (Wildman–Crippen LogP) is 0.0765. The van der Waals surface area contributed by atoms with Crippen LogP contribution < -0.4 is 5.43 Å². The van der Waals surface area contributed by atoms with Gasteiger partial charge >= 0.3 is 0 Å². The standard InChI is InChI=1S/C13H25N3O2/c1-15-4-6-16(7-5-15)14-12-2-8-18-13(10-12)3-9-17-11-13/h12,14H,2-11H2,1H3. The van der Waals surface area contributed by atoms with Crippen molar-refractivity contribution in [2.75, 3.05) is 53.0 Å². The Morgan fingerprint density at radius 3 is 2.72 bits per heavy atom. The van der Waals surface area contributed by atoms with Crippen molar-refractivity contribution in [3.63, 3.8) is 0 Å². The fourth-order valence-corrected chi connectivity index (χ4v) is 3.20. The number of ether oxygens (including phenoxy) is 2. The molecular weight excluding hydrogens is 230 g/mol. The average molecular weight is 255 g/mol.